The van der Waals surface area contributed by atoms with Gasteiger partial charge in [-0.1, -0.05) is 38.5 Å². The van der Waals surface area contributed by atoms with Gasteiger partial charge in [-0.15, -0.1) is 5.92 Å². The second-order valence-electron chi connectivity index (χ2n) is 2.24. The maximum absolute atomic E-state index is 2.98. The Kier molecular flexibility index (Phi) is 7.23. The van der Waals surface area contributed by atoms with Gasteiger partial charge in [-0.05, 0) is 26.0 Å². The van der Waals surface area contributed by atoms with E-state index in [-0.39, 0.29) is 14.9 Å². The van der Waals surface area contributed by atoms with Crippen molar-refractivity contribution in [2.45, 2.75) is 28.7 Å². The maximum atomic E-state index is 2.98. The lowest BCUT2D eigenvalue weighted by atomic mass is 10.2. The standard InChI is InChI=1S/C10H10.2CH4/c1-3-4-10-7-5-9(2)6-8-10;;/h5-8H,1-2H3;2*1H4. The second-order valence-corrected chi connectivity index (χ2v) is 2.24. The minimum atomic E-state index is 0. The van der Waals surface area contributed by atoms with Gasteiger partial charge < -0.3 is 0 Å². The molecule has 0 heterocycles. The summed E-state index contributed by atoms with van der Waals surface area (Å²) in [4.78, 5) is 0. The third-order valence-electron chi connectivity index (χ3n) is 1.32. The number of rotatable bonds is 0. The van der Waals surface area contributed by atoms with Crippen LogP contribution in [0.1, 0.15) is 32.9 Å². The van der Waals surface area contributed by atoms with Crippen LogP contribution in [0.25, 0.3) is 0 Å². The zero-order valence-electron chi connectivity index (χ0n) is 6.31. The SMILES string of the molecule is C.C.CC#Cc1ccc(C)cc1. The van der Waals surface area contributed by atoms with Crippen LogP contribution in [0.4, 0.5) is 0 Å². The Bertz CT molecular complexity index is 256. The summed E-state index contributed by atoms with van der Waals surface area (Å²) in [5.41, 5.74) is 2.37. The first-order valence-electron chi connectivity index (χ1n) is 3.32. The first-order chi connectivity index (χ1) is 4.83. The van der Waals surface area contributed by atoms with Crippen LogP contribution in [0, 0.1) is 18.8 Å². The molecule has 0 unspecified atom stereocenters. The number of aryl methyl sites for hydroxylation is 1. The number of hydrogen-bond donors (Lipinski definition) is 0. The van der Waals surface area contributed by atoms with Crippen molar-refractivity contribution in [3.05, 3.63) is 35.4 Å². The first kappa shape index (κ1) is 13.4. The predicted octanol–water partition coefficient (Wildman–Crippen LogP) is 3.64. The zero-order valence-corrected chi connectivity index (χ0v) is 6.31. The van der Waals surface area contributed by atoms with Gasteiger partial charge >= 0.3 is 0 Å². The van der Waals surface area contributed by atoms with Crippen LogP contribution in [0.15, 0.2) is 24.3 Å². The van der Waals surface area contributed by atoms with Crippen molar-refractivity contribution in [3.63, 3.8) is 0 Å². The molecule has 1 aromatic carbocycles. The average Bonchev–Trinajstić information content (AvgIpc) is 1.95. The number of benzene rings is 1. The van der Waals surface area contributed by atoms with Gasteiger partial charge in [0, 0.05) is 5.56 Å². The van der Waals surface area contributed by atoms with E-state index >= 15 is 0 Å². The first-order valence-corrected chi connectivity index (χ1v) is 3.32. The maximum Gasteiger partial charge on any atom is 0.0245 e. The van der Waals surface area contributed by atoms with Crippen LogP contribution in [0.5, 0.6) is 0 Å². The van der Waals surface area contributed by atoms with Crippen molar-refractivity contribution < 1.29 is 0 Å². The van der Waals surface area contributed by atoms with Gasteiger partial charge in [0.1, 0.15) is 0 Å². The molecular weight excluding hydrogens is 144 g/mol. The molecule has 0 atom stereocenters. The van der Waals surface area contributed by atoms with Gasteiger partial charge in [-0.3, -0.25) is 0 Å². The second kappa shape index (κ2) is 6.49. The molecule has 1 aromatic rings. The molecule has 0 spiro atoms. The van der Waals surface area contributed by atoms with E-state index in [0.717, 1.165) is 5.56 Å². The van der Waals surface area contributed by atoms with Crippen molar-refractivity contribution in [1.29, 1.82) is 0 Å². The highest BCUT2D eigenvalue weighted by Crippen LogP contribution is 2.00. The monoisotopic (exact) mass is 162 g/mol. The molecule has 1 rings (SSSR count). The predicted molar refractivity (Wildman–Crippen MR) is 57.2 cm³/mol. The van der Waals surface area contributed by atoms with Crippen LogP contribution >= 0.6 is 0 Å². The van der Waals surface area contributed by atoms with Crippen LogP contribution < -0.4 is 0 Å². The smallest absolute Gasteiger partial charge is 0.0245 e. The molecule has 0 N–H and O–H groups in total. The summed E-state index contributed by atoms with van der Waals surface area (Å²) >= 11 is 0. The Balaban J connectivity index is 0. The molecule has 12 heavy (non-hydrogen) atoms. The average molecular weight is 162 g/mol. The van der Waals surface area contributed by atoms with Crippen molar-refractivity contribution in [2.75, 3.05) is 0 Å². The molecule has 0 fully saturated rings. The molecule has 0 aliphatic rings. The number of hydrogen-bond acceptors (Lipinski definition) is 0. The molecule has 0 amide bonds. The van der Waals surface area contributed by atoms with Gasteiger partial charge in [-0.25, -0.2) is 0 Å². The quantitative estimate of drug-likeness (QED) is 0.511. The van der Waals surface area contributed by atoms with Crippen LogP contribution in [-0.4, -0.2) is 0 Å². The molecule has 0 aliphatic heterocycles. The molecule has 0 saturated carbocycles. The summed E-state index contributed by atoms with van der Waals surface area (Å²) < 4.78 is 0. The minimum absolute atomic E-state index is 0. The van der Waals surface area contributed by atoms with E-state index in [9.17, 15) is 0 Å². The summed E-state index contributed by atoms with van der Waals surface area (Å²) in [5, 5.41) is 0. The summed E-state index contributed by atoms with van der Waals surface area (Å²) in [7, 11) is 0. The Labute approximate surface area is 76.6 Å². The van der Waals surface area contributed by atoms with Gasteiger partial charge in [0.25, 0.3) is 0 Å². The lowest BCUT2D eigenvalue weighted by Gasteiger charge is -1.90. The molecule has 0 radical (unpaired) electrons. The third kappa shape index (κ3) is 3.83. The van der Waals surface area contributed by atoms with E-state index in [1.165, 1.54) is 5.56 Å². The van der Waals surface area contributed by atoms with Crippen molar-refractivity contribution in [1.82, 2.24) is 0 Å². The van der Waals surface area contributed by atoms with E-state index in [1.54, 1.807) is 0 Å². The molecule has 66 valence electrons. The van der Waals surface area contributed by atoms with Crippen LogP contribution in [-0.2, 0) is 0 Å². The summed E-state index contributed by atoms with van der Waals surface area (Å²) in [6, 6.07) is 8.21. The third-order valence-corrected chi connectivity index (χ3v) is 1.32. The van der Waals surface area contributed by atoms with Crippen LogP contribution in [0.2, 0.25) is 0 Å². The zero-order chi connectivity index (χ0) is 7.40. The Morgan fingerprint density at radius 1 is 1.00 bits per heavy atom. The van der Waals surface area contributed by atoms with Gasteiger partial charge in [-0.2, -0.15) is 0 Å². The van der Waals surface area contributed by atoms with E-state index in [0.29, 0.717) is 0 Å². The van der Waals surface area contributed by atoms with Crippen molar-refractivity contribution >= 4 is 0 Å². The lowest BCUT2D eigenvalue weighted by Crippen LogP contribution is -1.73. The summed E-state index contributed by atoms with van der Waals surface area (Å²) in [5.74, 6) is 5.84. The van der Waals surface area contributed by atoms with Crippen LogP contribution in [0.3, 0.4) is 0 Å². The Morgan fingerprint density at radius 3 is 1.92 bits per heavy atom. The summed E-state index contributed by atoms with van der Waals surface area (Å²) in [6.07, 6.45) is 0. The highest BCUT2D eigenvalue weighted by atomic mass is 13.9. The topological polar surface area (TPSA) is 0 Å². The largest absolute Gasteiger partial charge is 0.101 e. The lowest BCUT2D eigenvalue weighted by molar-refractivity contribution is 1.46. The van der Waals surface area contributed by atoms with Gasteiger partial charge in [0.15, 0.2) is 0 Å². The fraction of sp³-hybridized carbons (Fsp3) is 0.333. The minimum Gasteiger partial charge on any atom is -0.101 e. The van der Waals surface area contributed by atoms with E-state index < -0.39 is 0 Å². The van der Waals surface area contributed by atoms with Crippen molar-refractivity contribution in [3.8, 4) is 11.8 Å². The highest BCUT2D eigenvalue weighted by molar-refractivity contribution is 5.35. The van der Waals surface area contributed by atoms with Gasteiger partial charge in [0.05, 0.1) is 0 Å². The van der Waals surface area contributed by atoms with E-state index in [2.05, 4.69) is 30.9 Å². The molecule has 0 aromatic heterocycles. The Morgan fingerprint density at radius 2 is 1.50 bits per heavy atom. The molecule has 0 aliphatic carbocycles. The van der Waals surface area contributed by atoms with Gasteiger partial charge in [0.2, 0.25) is 0 Å². The highest BCUT2D eigenvalue weighted by Gasteiger charge is 1.83. The van der Waals surface area contributed by atoms with E-state index in [1.807, 2.05) is 19.1 Å². The van der Waals surface area contributed by atoms with Crippen molar-refractivity contribution in [2.24, 2.45) is 0 Å². The Hall–Kier alpha value is -1.22. The fourth-order valence-corrected chi connectivity index (χ4v) is 0.781. The molecular formula is C12H18. The molecule has 0 bridgehead atoms. The molecule has 0 nitrogen and oxygen atoms in total. The molecule has 0 heteroatoms. The fourth-order valence-electron chi connectivity index (χ4n) is 0.781. The molecule has 0 saturated heterocycles. The normalized spacial score (nSPS) is 6.83. The van der Waals surface area contributed by atoms with E-state index in [4.69, 9.17) is 0 Å². The summed E-state index contributed by atoms with van der Waals surface area (Å²) in [6.45, 7) is 3.92.